The van der Waals surface area contributed by atoms with Crippen molar-refractivity contribution < 1.29 is 14.7 Å². The Morgan fingerprint density at radius 3 is 2.82 bits per heavy atom. The molecule has 0 aromatic carbocycles. The molecule has 0 fully saturated rings. The lowest BCUT2D eigenvalue weighted by atomic mass is 10.0. The highest BCUT2D eigenvalue weighted by Gasteiger charge is 2.25. The zero-order chi connectivity index (χ0) is 8.43. The third-order valence-corrected chi connectivity index (χ3v) is 1.78. The largest absolute Gasteiger partial charge is 0.481 e. The van der Waals surface area contributed by atoms with E-state index in [-0.39, 0.29) is 18.1 Å². The van der Waals surface area contributed by atoms with Crippen LogP contribution in [0.3, 0.4) is 0 Å². The number of hydrogen-bond donors (Lipinski definition) is 1. The Kier molecular flexibility index (Phi) is 2.08. The summed E-state index contributed by atoms with van der Waals surface area (Å²) in [6.07, 6.45) is 2.12. The van der Waals surface area contributed by atoms with E-state index < -0.39 is 5.97 Å². The molecule has 0 bridgehead atoms. The molecular weight excluding hydrogens is 144 g/mol. The maximum atomic E-state index is 11.0. The molecule has 1 N–H and O–H groups in total. The van der Waals surface area contributed by atoms with Crippen LogP contribution in [0.2, 0.25) is 0 Å². The lowest BCUT2D eigenvalue weighted by Gasteiger charge is -2.02. The predicted molar refractivity (Wildman–Crippen MR) is 39.1 cm³/mol. The molecule has 3 nitrogen and oxygen atoms in total. The van der Waals surface area contributed by atoms with Gasteiger partial charge in [0, 0.05) is 5.92 Å². The van der Waals surface area contributed by atoms with Gasteiger partial charge in [0.15, 0.2) is 5.78 Å². The van der Waals surface area contributed by atoms with E-state index in [0.717, 1.165) is 5.57 Å². The lowest BCUT2D eigenvalue weighted by Crippen LogP contribution is -2.12. The average Bonchev–Trinajstić information content (AvgIpc) is 2.09. The van der Waals surface area contributed by atoms with Gasteiger partial charge in [-0.15, -0.1) is 0 Å². The van der Waals surface area contributed by atoms with Crippen LogP contribution in [-0.4, -0.2) is 16.9 Å². The smallest absolute Gasteiger partial charge is 0.304 e. The van der Waals surface area contributed by atoms with Crippen LogP contribution in [0, 0.1) is 5.92 Å². The van der Waals surface area contributed by atoms with Crippen molar-refractivity contribution in [2.75, 3.05) is 0 Å². The first-order valence-corrected chi connectivity index (χ1v) is 3.52. The Balaban J connectivity index is 2.53. The third-order valence-electron chi connectivity index (χ3n) is 1.78. The lowest BCUT2D eigenvalue weighted by molar-refractivity contribution is -0.139. The van der Waals surface area contributed by atoms with Gasteiger partial charge in [0.1, 0.15) is 0 Å². The van der Waals surface area contributed by atoms with E-state index in [1.54, 1.807) is 0 Å². The molecular formula is C8H10O3. The number of aliphatic carboxylic acids is 1. The molecule has 0 heterocycles. The van der Waals surface area contributed by atoms with E-state index in [4.69, 9.17) is 5.11 Å². The fraction of sp³-hybridized carbons (Fsp3) is 0.500. The molecule has 0 amide bonds. The van der Waals surface area contributed by atoms with Gasteiger partial charge in [0.25, 0.3) is 0 Å². The van der Waals surface area contributed by atoms with Gasteiger partial charge in [0.2, 0.25) is 0 Å². The maximum Gasteiger partial charge on any atom is 0.304 e. The Hall–Kier alpha value is -1.12. The summed E-state index contributed by atoms with van der Waals surface area (Å²) < 4.78 is 0. The summed E-state index contributed by atoms with van der Waals surface area (Å²) >= 11 is 0. The summed E-state index contributed by atoms with van der Waals surface area (Å²) in [5.41, 5.74) is 0.987. The van der Waals surface area contributed by atoms with Gasteiger partial charge in [-0.25, -0.2) is 0 Å². The first-order valence-electron chi connectivity index (χ1n) is 3.52. The van der Waals surface area contributed by atoms with E-state index >= 15 is 0 Å². The molecule has 0 saturated heterocycles. The summed E-state index contributed by atoms with van der Waals surface area (Å²) in [7, 11) is 0. The highest BCUT2D eigenvalue weighted by molar-refractivity contribution is 5.96. The Morgan fingerprint density at radius 2 is 2.45 bits per heavy atom. The van der Waals surface area contributed by atoms with Gasteiger partial charge in [0.05, 0.1) is 6.42 Å². The first-order chi connectivity index (χ1) is 5.09. The third kappa shape index (κ3) is 1.90. The van der Waals surface area contributed by atoms with Gasteiger partial charge >= 0.3 is 5.97 Å². The number of rotatable bonds is 2. The second kappa shape index (κ2) is 2.86. The molecule has 1 aliphatic carbocycles. The van der Waals surface area contributed by atoms with Crippen LogP contribution in [-0.2, 0) is 9.59 Å². The van der Waals surface area contributed by atoms with Crippen molar-refractivity contribution in [2.24, 2.45) is 5.92 Å². The first kappa shape index (κ1) is 7.98. The maximum absolute atomic E-state index is 11.0. The summed E-state index contributed by atoms with van der Waals surface area (Å²) in [6.45, 7) is 1.85. The molecule has 1 atom stereocenters. The molecule has 60 valence electrons. The molecule has 1 aliphatic rings. The standard InChI is InChI=1S/C8H10O3/c1-5-2-6(4-8(10)11)7(9)3-5/h3,6H,2,4H2,1H3,(H,10,11). The van der Waals surface area contributed by atoms with E-state index in [1.165, 1.54) is 6.08 Å². The topological polar surface area (TPSA) is 54.4 Å². The van der Waals surface area contributed by atoms with Gasteiger partial charge < -0.3 is 5.11 Å². The predicted octanol–water partition coefficient (Wildman–Crippen LogP) is 0.996. The molecule has 1 rings (SSSR count). The SMILES string of the molecule is CC1=CC(=O)C(CC(=O)O)C1. The minimum atomic E-state index is -0.897. The molecule has 0 aromatic rings. The molecule has 0 aromatic heterocycles. The second-order valence-electron chi connectivity index (χ2n) is 2.89. The number of allylic oxidation sites excluding steroid dienone is 2. The van der Waals surface area contributed by atoms with Crippen LogP contribution in [0.15, 0.2) is 11.6 Å². The summed E-state index contributed by atoms with van der Waals surface area (Å²) in [4.78, 5) is 21.2. The van der Waals surface area contributed by atoms with E-state index in [9.17, 15) is 9.59 Å². The average molecular weight is 154 g/mol. The van der Waals surface area contributed by atoms with Crippen molar-refractivity contribution in [3.05, 3.63) is 11.6 Å². The molecule has 0 radical (unpaired) electrons. The normalized spacial score (nSPS) is 23.5. The van der Waals surface area contributed by atoms with Gasteiger partial charge in [-0.05, 0) is 19.4 Å². The summed E-state index contributed by atoms with van der Waals surface area (Å²) in [5, 5.41) is 8.40. The number of carbonyl (C=O) groups excluding carboxylic acids is 1. The number of carbonyl (C=O) groups is 2. The van der Waals surface area contributed by atoms with Crippen molar-refractivity contribution in [1.29, 1.82) is 0 Å². The van der Waals surface area contributed by atoms with Crippen molar-refractivity contribution >= 4 is 11.8 Å². The Morgan fingerprint density at radius 1 is 1.82 bits per heavy atom. The summed E-state index contributed by atoms with van der Waals surface area (Å²) in [5.74, 6) is -1.23. The highest BCUT2D eigenvalue weighted by atomic mass is 16.4. The van der Waals surface area contributed by atoms with Crippen LogP contribution < -0.4 is 0 Å². The number of carboxylic acids is 1. The minimum absolute atomic E-state index is 0.0350. The number of ketones is 1. The van der Waals surface area contributed by atoms with Crippen LogP contribution in [0.25, 0.3) is 0 Å². The molecule has 1 unspecified atom stereocenters. The monoisotopic (exact) mass is 154 g/mol. The van der Waals surface area contributed by atoms with E-state index in [1.807, 2.05) is 6.92 Å². The van der Waals surface area contributed by atoms with Crippen LogP contribution >= 0.6 is 0 Å². The van der Waals surface area contributed by atoms with Crippen molar-refractivity contribution in [1.82, 2.24) is 0 Å². The zero-order valence-corrected chi connectivity index (χ0v) is 6.33. The molecule has 11 heavy (non-hydrogen) atoms. The highest BCUT2D eigenvalue weighted by Crippen LogP contribution is 2.23. The second-order valence-corrected chi connectivity index (χ2v) is 2.89. The fourth-order valence-electron chi connectivity index (χ4n) is 1.29. The molecule has 0 saturated carbocycles. The minimum Gasteiger partial charge on any atom is -0.481 e. The van der Waals surface area contributed by atoms with Gasteiger partial charge in [-0.3, -0.25) is 9.59 Å². The molecule has 0 spiro atoms. The van der Waals surface area contributed by atoms with Crippen LogP contribution in [0.5, 0.6) is 0 Å². The zero-order valence-electron chi connectivity index (χ0n) is 6.33. The van der Waals surface area contributed by atoms with Gasteiger partial charge in [-0.2, -0.15) is 0 Å². The molecule has 0 aliphatic heterocycles. The van der Waals surface area contributed by atoms with Crippen molar-refractivity contribution in [2.45, 2.75) is 19.8 Å². The molecule has 3 heteroatoms. The van der Waals surface area contributed by atoms with Crippen LogP contribution in [0.4, 0.5) is 0 Å². The number of hydrogen-bond acceptors (Lipinski definition) is 2. The van der Waals surface area contributed by atoms with Crippen molar-refractivity contribution in [3.8, 4) is 0 Å². The quantitative estimate of drug-likeness (QED) is 0.645. The van der Waals surface area contributed by atoms with E-state index in [0.29, 0.717) is 6.42 Å². The van der Waals surface area contributed by atoms with E-state index in [2.05, 4.69) is 0 Å². The Labute approximate surface area is 64.7 Å². The van der Waals surface area contributed by atoms with Crippen LogP contribution in [0.1, 0.15) is 19.8 Å². The number of carboxylic acid groups (broad SMARTS) is 1. The summed E-state index contributed by atoms with van der Waals surface area (Å²) in [6, 6.07) is 0. The Bertz CT molecular complexity index is 227. The van der Waals surface area contributed by atoms with Crippen molar-refractivity contribution in [3.63, 3.8) is 0 Å². The van der Waals surface area contributed by atoms with Gasteiger partial charge in [-0.1, -0.05) is 5.57 Å². The fourth-order valence-corrected chi connectivity index (χ4v) is 1.29.